The summed E-state index contributed by atoms with van der Waals surface area (Å²) in [5.41, 5.74) is 2.70. The maximum atomic E-state index is 13.0. The Balaban J connectivity index is 1.53. The van der Waals surface area contributed by atoms with E-state index in [0.29, 0.717) is 22.9 Å². The van der Waals surface area contributed by atoms with Crippen LogP contribution in [0.25, 0.3) is 0 Å². The third kappa shape index (κ3) is 4.17. The number of hydrogen-bond donors (Lipinski definition) is 2. The zero-order valence-corrected chi connectivity index (χ0v) is 16.2. The van der Waals surface area contributed by atoms with Crippen LogP contribution in [0.5, 0.6) is 0 Å². The van der Waals surface area contributed by atoms with Gasteiger partial charge in [-0.1, -0.05) is 30.3 Å². The van der Waals surface area contributed by atoms with Crippen LogP contribution in [0.3, 0.4) is 0 Å². The summed E-state index contributed by atoms with van der Waals surface area (Å²) in [6, 6.07) is 20.3. The molecule has 0 saturated carbocycles. The van der Waals surface area contributed by atoms with Gasteiger partial charge in [-0.2, -0.15) is 0 Å². The van der Waals surface area contributed by atoms with E-state index >= 15 is 0 Å². The molecule has 1 amide bonds. The first-order chi connectivity index (χ1) is 14.5. The minimum absolute atomic E-state index is 0.139. The molecule has 5 nitrogen and oxygen atoms in total. The molecule has 0 bridgehead atoms. The van der Waals surface area contributed by atoms with Gasteiger partial charge in [-0.3, -0.25) is 4.79 Å². The lowest BCUT2D eigenvalue weighted by atomic mass is 9.99. The van der Waals surface area contributed by atoms with Crippen molar-refractivity contribution < 1.29 is 19.1 Å². The fourth-order valence-electron chi connectivity index (χ4n) is 3.84. The predicted molar refractivity (Wildman–Crippen MR) is 114 cm³/mol. The number of halogens is 1. The first-order valence-corrected chi connectivity index (χ1v) is 9.75. The maximum absolute atomic E-state index is 13.0. The van der Waals surface area contributed by atoms with Crippen molar-refractivity contribution in [3.63, 3.8) is 0 Å². The van der Waals surface area contributed by atoms with Crippen molar-refractivity contribution in [2.75, 3.05) is 23.3 Å². The summed E-state index contributed by atoms with van der Waals surface area (Å²) in [5, 5.41) is 12.4. The van der Waals surface area contributed by atoms with Crippen LogP contribution in [0.1, 0.15) is 38.6 Å². The first kappa shape index (κ1) is 19.6. The molecule has 0 aliphatic carbocycles. The Morgan fingerprint density at radius 1 is 1.00 bits per heavy atom. The molecule has 1 atom stereocenters. The van der Waals surface area contributed by atoms with Crippen LogP contribution >= 0.6 is 0 Å². The zero-order valence-electron chi connectivity index (χ0n) is 16.2. The zero-order chi connectivity index (χ0) is 21.1. The Bertz CT molecular complexity index is 1070. The Morgan fingerprint density at radius 3 is 2.43 bits per heavy atom. The van der Waals surface area contributed by atoms with E-state index in [0.717, 1.165) is 19.5 Å². The van der Waals surface area contributed by atoms with Gasteiger partial charge in [0.1, 0.15) is 5.82 Å². The van der Waals surface area contributed by atoms with Gasteiger partial charge in [0.15, 0.2) is 0 Å². The van der Waals surface area contributed by atoms with Gasteiger partial charge in [0.2, 0.25) is 0 Å². The summed E-state index contributed by atoms with van der Waals surface area (Å²) in [4.78, 5) is 26.3. The maximum Gasteiger partial charge on any atom is 0.337 e. The summed E-state index contributed by atoms with van der Waals surface area (Å²) in [6.45, 7) is 1.51. The normalized spacial score (nSPS) is 15.8. The summed E-state index contributed by atoms with van der Waals surface area (Å²) in [5.74, 6) is -1.55. The molecule has 0 aromatic heterocycles. The van der Waals surface area contributed by atoms with Gasteiger partial charge in [0.25, 0.3) is 5.91 Å². The van der Waals surface area contributed by atoms with E-state index in [9.17, 15) is 19.1 Å². The van der Waals surface area contributed by atoms with Crippen molar-refractivity contribution in [3.8, 4) is 0 Å². The number of carbonyl (C=O) groups is 2. The molecule has 1 heterocycles. The lowest BCUT2D eigenvalue weighted by Crippen LogP contribution is -2.22. The van der Waals surface area contributed by atoms with Gasteiger partial charge >= 0.3 is 5.97 Å². The number of amides is 1. The molecule has 152 valence electrons. The Morgan fingerprint density at radius 2 is 1.73 bits per heavy atom. The summed E-state index contributed by atoms with van der Waals surface area (Å²) >= 11 is 0. The Kier molecular flexibility index (Phi) is 5.48. The lowest BCUT2D eigenvalue weighted by molar-refractivity contribution is 0.0697. The lowest BCUT2D eigenvalue weighted by Gasteiger charge is -2.21. The third-order valence-corrected chi connectivity index (χ3v) is 5.39. The standard InChI is InChI=1S/C24H21FN2O3/c25-19-8-6-17(7-9-19)23(28)26-20-10-11-22(21(14-20)24(29)30)27-13-12-18(15-27)16-4-2-1-3-5-16/h1-11,14,18H,12-13,15H2,(H,26,28)(H,29,30)/t18-/m0/s1. The van der Waals surface area contributed by atoms with Crippen molar-refractivity contribution in [2.24, 2.45) is 0 Å². The minimum atomic E-state index is -1.05. The molecular weight excluding hydrogens is 383 g/mol. The Labute approximate surface area is 173 Å². The molecular formula is C24H21FN2O3. The number of carboxylic acid groups (broad SMARTS) is 1. The molecule has 3 aromatic rings. The van der Waals surface area contributed by atoms with Crippen LogP contribution < -0.4 is 10.2 Å². The third-order valence-electron chi connectivity index (χ3n) is 5.39. The molecule has 0 unspecified atom stereocenters. The van der Waals surface area contributed by atoms with Crippen LogP contribution in [-0.4, -0.2) is 30.1 Å². The van der Waals surface area contributed by atoms with E-state index < -0.39 is 17.7 Å². The average molecular weight is 404 g/mol. The average Bonchev–Trinajstić information content (AvgIpc) is 3.25. The number of rotatable bonds is 5. The van der Waals surface area contributed by atoms with Gasteiger partial charge in [-0.25, -0.2) is 9.18 Å². The van der Waals surface area contributed by atoms with Gasteiger partial charge in [0.05, 0.1) is 11.3 Å². The number of carbonyl (C=O) groups excluding carboxylic acids is 1. The van der Waals surface area contributed by atoms with Crippen LogP contribution in [0.15, 0.2) is 72.8 Å². The smallest absolute Gasteiger partial charge is 0.337 e. The van der Waals surface area contributed by atoms with Gasteiger partial charge in [0, 0.05) is 30.3 Å². The van der Waals surface area contributed by atoms with E-state index in [1.807, 2.05) is 18.2 Å². The highest BCUT2D eigenvalue weighted by atomic mass is 19.1. The molecule has 1 saturated heterocycles. The van der Waals surface area contributed by atoms with E-state index in [1.165, 1.54) is 35.9 Å². The second-order valence-electron chi connectivity index (χ2n) is 7.34. The van der Waals surface area contributed by atoms with Crippen molar-refractivity contribution in [1.82, 2.24) is 0 Å². The molecule has 2 N–H and O–H groups in total. The molecule has 4 rings (SSSR count). The second-order valence-corrected chi connectivity index (χ2v) is 7.34. The monoisotopic (exact) mass is 404 g/mol. The van der Waals surface area contributed by atoms with Crippen molar-refractivity contribution in [2.45, 2.75) is 12.3 Å². The molecule has 1 fully saturated rings. The van der Waals surface area contributed by atoms with Crippen LogP contribution in [-0.2, 0) is 0 Å². The topological polar surface area (TPSA) is 69.6 Å². The minimum Gasteiger partial charge on any atom is -0.478 e. The van der Waals surface area contributed by atoms with Gasteiger partial charge in [-0.05, 0) is 54.4 Å². The van der Waals surface area contributed by atoms with E-state index in [2.05, 4.69) is 22.3 Å². The van der Waals surface area contributed by atoms with E-state index in [-0.39, 0.29) is 5.56 Å². The number of nitrogens with zero attached hydrogens (tertiary/aromatic N) is 1. The molecule has 0 spiro atoms. The highest BCUT2D eigenvalue weighted by molar-refractivity contribution is 6.05. The fraction of sp³-hybridized carbons (Fsp3) is 0.167. The Hall–Kier alpha value is -3.67. The van der Waals surface area contributed by atoms with Gasteiger partial charge in [-0.15, -0.1) is 0 Å². The number of hydrogen-bond acceptors (Lipinski definition) is 3. The largest absolute Gasteiger partial charge is 0.478 e. The highest BCUT2D eigenvalue weighted by Gasteiger charge is 2.27. The summed E-state index contributed by atoms with van der Waals surface area (Å²) < 4.78 is 13.0. The number of aromatic carboxylic acids is 1. The molecule has 3 aromatic carbocycles. The van der Waals surface area contributed by atoms with Crippen LogP contribution in [0, 0.1) is 5.82 Å². The van der Waals surface area contributed by atoms with Crippen molar-refractivity contribution in [1.29, 1.82) is 0 Å². The number of anilines is 2. The molecule has 1 aliphatic rings. The quantitative estimate of drug-likeness (QED) is 0.643. The summed E-state index contributed by atoms with van der Waals surface area (Å²) in [6.07, 6.45) is 0.951. The highest BCUT2D eigenvalue weighted by Crippen LogP contribution is 2.33. The van der Waals surface area contributed by atoms with E-state index in [4.69, 9.17) is 0 Å². The fourth-order valence-corrected chi connectivity index (χ4v) is 3.84. The molecule has 6 heteroatoms. The van der Waals surface area contributed by atoms with Crippen molar-refractivity contribution in [3.05, 3.63) is 95.3 Å². The van der Waals surface area contributed by atoms with Crippen molar-refractivity contribution >= 4 is 23.3 Å². The van der Waals surface area contributed by atoms with E-state index in [1.54, 1.807) is 12.1 Å². The van der Waals surface area contributed by atoms with Gasteiger partial charge < -0.3 is 15.3 Å². The molecule has 0 radical (unpaired) electrons. The number of benzene rings is 3. The molecule has 1 aliphatic heterocycles. The first-order valence-electron chi connectivity index (χ1n) is 9.75. The predicted octanol–water partition coefficient (Wildman–Crippen LogP) is 4.77. The summed E-state index contributed by atoms with van der Waals surface area (Å²) in [7, 11) is 0. The van der Waals surface area contributed by atoms with Crippen LogP contribution in [0.4, 0.5) is 15.8 Å². The SMILES string of the molecule is O=C(Nc1ccc(N2CC[C@H](c3ccccc3)C2)c(C(=O)O)c1)c1ccc(F)cc1. The number of carboxylic acids is 1. The van der Waals surface area contributed by atoms with Crippen LogP contribution in [0.2, 0.25) is 0 Å². The second kappa shape index (κ2) is 8.37. The molecule has 30 heavy (non-hydrogen) atoms. The number of nitrogens with one attached hydrogen (secondary N) is 1.